The van der Waals surface area contributed by atoms with E-state index in [9.17, 15) is 9.59 Å². The summed E-state index contributed by atoms with van der Waals surface area (Å²) >= 11 is 5.80. The third kappa shape index (κ3) is 3.29. The van der Waals surface area contributed by atoms with Gasteiger partial charge in [0, 0.05) is 10.7 Å². The molecule has 0 atom stereocenters. The van der Waals surface area contributed by atoms with Crippen molar-refractivity contribution >= 4 is 35.1 Å². The second kappa shape index (κ2) is 5.49. The van der Waals surface area contributed by atoms with Crippen molar-refractivity contribution in [2.24, 2.45) is 0 Å². The molecule has 3 N–H and O–H groups in total. The Morgan fingerprint density at radius 1 is 1.26 bits per heavy atom. The van der Waals surface area contributed by atoms with E-state index in [-0.39, 0.29) is 5.95 Å². The van der Waals surface area contributed by atoms with Crippen molar-refractivity contribution in [3.8, 4) is 0 Å². The molecule has 7 nitrogen and oxygen atoms in total. The van der Waals surface area contributed by atoms with Crippen molar-refractivity contribution in [3.63, 3.8) is 0 Å². The van der Waals surface area contributed by atoms with Gasteiger partial charge in [0.15, 0.2) is 0 Å². The van der Waals surface area contributed by atoms with Crippen molar-refractivity contribution in [2.75, 3.05) is 10.6 Å². The van der Waals surface area contributed by atoms with Crippen LogP contribution < -0.4 is 10.6 Å². The highest BCUT2D eigenvalue weighted by molar-refractivity contribution is 6.43. The molecule has 1 heterocycles. The van der Waals surface area contributed by atoms with Gasteiger partial charge in [-0.25, -0.2) is 5.10 Å². The molecule has 0 aliphatic rings. The second-order valence-corrected chi connectivity index (χ2v) is 4.14. The van der Waals surface area contributed by atoms with Crippen molar-refractivity contribution in [1.29, 1.82) is 0 Å². The topological polar surface area (TPSA) is 99.8 Å². The number of hydrogen-bond donors (Lipinski definition) is 3. The molecule has 0 bridgehead atoms. The number of aromatic amines is 1. The molecule has 0 aliphatic heterocycles. The van der Waals surface area contributed by atoms with Crippen LogP contribution in [0.4, 0.5) is 11.6 Å². The fourth-order valence-corrected chi connectivity index (χ4v) is 1.60. The van der Waals surface area contributed by atoms with Crippen LogP contribution in [0.3, 0.4) is 0 Å². The van der Waals surface area contributed by atoms with Gasteiger partial charge in [0.2, 0.25) is 5.95 Å². The summed E-state index contributed by atoms with van der Waals surface area (Å²) in [5, 5.41) is 11.3. The standard InChI is InChI=1S/C11H10ClN5O2/c1-6-4-7(12)2-3-8(6)15-9(18)10(19)16-11-13-5-14-17-11/h2-5H,1H3,(H,15,18)(H2,13,14,16,17,19). The monoisotopic (exact) mass is 279 g/mol. The lowest BCUT2D eigenvalue weighted by Gasteiger charge is -2.07. The van der Waals surface area contributed by atoms with Crippen LogP contribution in [0.5, 0.6) is 0 Å². The van der Waals surface area contributed by atoms with Crippen LogP contribution in [0.1, 0.15) is 5.56 Å². The van der Waals surface area contributed by atoms with Gasteiger partial charge in [-0.2, -0.15) is 10.1 Å². The van der Waals surface area contributed by atoms with Crippen molar-refractivity contribution in [2.45, 2.75) is 6.92 Å². The summed E-state index contributed by atoms with van der Waals surface area (Å²) < 4.78 is 0. The summed E-state index contributed by atoms with van der Waals surface area (Å²) in [6, 6.07) is 4.93. The van der Waals surface area contributed by atoms with Gasteiger partial charge in [0.05, 0.1) is 0 Å². The van der Waals surface area contributed by atoms with Crippen LogP contribution in [-0.4, -0.2) is 27.0 Å². The van der Waals surface area contributed by atoms with E-state index < -0.39 is 11.8 Å². The fourth-order valence-electron chi connectivity index (χ4n) is 1.38. The zero-order valence-electron chi connectivity index (χ0n) is 9.90. The fraction of sp³-hybridized carbons (Fsp3) is 0.0909. The number of rotatable bonds is 2. The smallest absolute Gasteiger partial charge is 0.316 e. The lowest BCUT2D eigenvalue weighted by Crippen LogP contribution is -2.29. The molecule has 0 radical (unpaired) electrons. The number of aryl methyl sites for hydroxylation is 1. The lowest BCUT2D eigenvalue weighted by molar-refractivity contribution is -0.133. The maximum absolute atomic E-state index is 11.7. The highest BCUT2D eigenvalue weighted by Gasteiger charge is 2.15. The van der Waals surface area contributed by atoms with Crippen LogP contribution in [0.15, 0.2) is 24.5 Å². The molecule has 0 fully saturated rings. The summed E-state index contributed by atoms with van der Waals surface area (Å²) in [6.07, 6.45) is 1.22. The van der Waals surface area contributed by atoms with E-state index >= 15 is 0 Å². The first kappa shape index (κ1) is 13.0. The van der Waals surface area contributed by atoms with Gasteiger partial charge in [-0.1, -0.05) is 11.6 Å². The molecule has 0 spiro atoms. The average molecular weight is 280 g/mol. The third-order valence-electron chi connectivity index (χ3n) is 2.29. The summed E-state index contributed by atoms with van der Waals surface area (Å²) in [5.74, 6) is -1.54. The SMILES string of the molecule is Cc1cc(Cl)ccc1NC(=O)C(=O)Nc1ncn[nH]1. The molecule has 1 aromatic heterocycles. The van der Waals surface area contributed by atoms with E-state index in [0.29, 0.717) is 10.7 Å². The van der Waals surface area contributed by atoms with Gasteiger partial charge < -0.3 is 5.32 Å². The highest BCUT2D eigenvalue weighted by Crippen LogP contribution is 2.19. The van der Waals surface area contributed by atoms with Gasteiger partial charge in [-0.15, -0.1) is 0 Å². The van der Waals surface area contributed by atoms with Crippen molar-refractivity contribution in [1.82, 2.24) is 15.2 Å². The van der Waals surface area contributed by atoms with Gasteiger partial charge in [0.25, 0.3) is 0 Å². The number of halogens is 1. The van der Waals surface area contributed by atoms with Crippen LogP contribution in [0, 0.1) is 6.92 Å². The van der Waals surface area contributed by atoms with Crippen molar-refractivity contribution in [3.05, 3.63) is 35.1 Å². The first-order chi connectivity index (χ1) is 9.06. The number of amides is 2. The minimum Gasteiger partial charge on any atom is -0.318 e. The number of anilines is 2. The molecular formula is C11H10ClN5O2. The molecule has 19 heavy (non-hydrogen) atoms. The number of nitrogens with one attached hydrogen (secondary N) is 3. The first-order valence-corrected chi connectivity index (χ1v) is 5.68. The molecule has 1 aromatic carbocycles. The Balaban J connectivity index is 2.02. The summed E-state index contributed by atoms with van der Waals surface area (Å²) in [6.45, 7) is 1.77. The maximum atomic E-state index is 11.7. The van der Waals surface area contributed by atoms with Gasteiger partial charge in [-0.3, -0.25) is 14.9 Å². The number of aromatic nitrogens is 3. The zero-order chi connectivity index (χ0) is 13.8. The second-order valence-electron chi connectivity index (χ2n) is 3.70. The molecule has 8 heteroatoms. The van der Waals surface area contributed by atoms with E-state index in [1.54, 1.807) is 25.1 Å². The van der Waals surface area contributed by atoms with E-state index in [0.717, 1.165) is 5.56 Å². The van der Waals surface area contributed by atoms with Gasteiger partial charge in [-0.05, 0) is 30.7 Å². The van der Waals surface area contributed by atoms with Gasteiger partial charge in [0.1, 0.15) is 6.33 Å². The largest absolute Gasteiger partial charge is 0.318 e. The van der Waals surface area contributed by atoms with Crippen LogP contribution >= 0.6 is 11.6 Å². The quantitative estimate of drug-likeness (QED) is 0.722. The highest BCUT2D eigenvalue weighted by atomic mass is 35.5. The summed E-state index contributed by atoms with van der Waals surface area (Å²) in [4.78, 5) is 26.9. The Morgan fingerprint density at radius 3 is 2.63 bits per heavy atom. The Kier molecular flexibility index (Phi) is 3.76. The minimum absolute atomic E-state index is 0.105. The zero-order valence-corrected chi connectivity index (χ0v) is 10.7. The Hall–Kier alpha value is -2.41. The molecule has 2 aromatic rings. The minimum atomic E-state index is -0.842. The Labute approximate surface area is 113 Å². The van der Waals surface area contributed by atoms with Crippen LogP contribution in [-0.2, 0) is 9.59 Å². The Morgan fingerprint density at radius 2 is 2.00 bits per heavy atom. The molecule has 0 saturated carbocycles. The number of hydrogen-bond acceptors (Lipinski definition) is 4. The van der Waals surface area contributed by atoms with E-state index in [4.69, 9.17) is 11.6 Å². The van der Waals surface area contributed by atoms with Gasteiger partial charge >= 0.3 is 11.8 Å². The molecule has 2 rings (SSSR count). The molecule has 2 amide bonds. The number of benzene rings is 1. The molecule has 0 aliphatic carbocycles. The number of H-pyrrole nitrogens is 1. The predicted molar refractivity (Wildman–Crippen MR) is 69.8 cm³/mol. The van der Waals surface area contributed by atoms with Crippen LogP contribution in [0.25, 0.3) is 0 Å². The molecule has 0 unspecified atom stereocenters. The first-order valence-electron chi connectivity index (χ1n) is 5.30. The number of carbonyl (C=O) groups is 2. The summed E-state index contributed by atoms with van der Waals surface area (Å²) in [5.41, 5.74) is 1.27. The van der Waals surface area contributed by atoms with E-state index in [2.05, 4.69) is 25.8 Å². The lowest BCUT2D eigenvalue weighted by atomic mass is 10.2. The molecule has 98 valence electrons. The predicted octanol–water partition coefficient (Wildman–Crippen LogP) is 1.34. The van der Waals surface area contributed by atoms with Crippen LogP contribution in [0.2, 0.25) is 5.02 Å². The van der Waals surface area contributed by atoms with E-state index in [1.165, 1.54) is 6.33 Å². The van der Waals surface area contributed by atoms with Crippen molar-refractivity contribution < 1.29 is 9.59 Å². The normalized spacial score (nSPS) is 10.0. The maximum Gasteiger partial charge on any atom is 0.316 e. The Bertz CT molecular complexity index is 612. The van der Waals surface area contributed by atoms with E-state index in [1.807, 2.05) is 0 Å². The number of carbonyl (C=O) groups excluding carboxylic acids is 2. The summed E-state index contributed by atoms with van der Waals surface area (Å²) in [7, 11) is 0. The molecule has 0 saturated heterocycles. The average Bonchev–Trinajstić information content (AvgIpc) is 2.85. The molecular weight excluding hydrogens is 270 g/mol. The third-order valence-corrected chi connectivity index (χ3v) is 2.52. The number of nitrogens with zero attached hydrogens (tertiary/aromatic N) is 2.